The zero-order valence-corrected chi connectivity index (χ0v) is 13.8. The first-order chi connectivity index (χ1) is 11.2. The van der Waals surface area contributed by atoms with E-state index in [0.717, 1.165) is 58.4 Å². The van der Waals surface area contributed by atoms with Crippen molar-refractivity contribution in [3.05, 3.63) is 11.7 Å². The van der Waals surface area contributed by atoms with Crippen LogP contribution in [-0.4, -0.2) is 53.9 Å². The smallest absolute Gasteiger partial charge is 0.252 e. The number of likely N-dealkylation sites (tertiary alicyclic amines) is 1. The molecule has 0 N–H and O–H groups in total. The van der Waals surface area contributed by atoms with E-state index in [2.05, 4.69) is 10.1 Å². The molecule has 1 spiro atoms. The lowest BCUT2D eigenvalue weighted by atomic mass is 9.72. The third-order valence-electron chi connectivity index (χ3n) is 5.01. The van der Waals surface area contributed by atoms with Gasteiger partial charge in [-0.1, -0.05) is 12.1 Å². The maximum Gasteiger partial charge on any atom is 0.252 e. The number of carbonyl (C=O) groups excluding carboxylic acids is 1. The first-order valence-corrected chi connectivity index (χ1v) is 8.45. The summed E-state index contributed by atoms with van der Waals surface area (Å²) in [4.78, 5) is 18.3. The van der Waals surface area contributed by atoms with E-state index in [1.165, 1.54) is 0 Å². The van der Waals surface area contributed by atoms with Crippen molar-refractivity contribution in [2.24, 2.45) is 5.41 Å². The molecule has 2 saturated heterocycles. The van der Waals surface area contributed by atoms with Crippen molar-refractivity contribution in [2.45, 2.75) is 45.6 Å². The molecule has 0 atom stereocenters. The normalized spacial score (nSPS) is 20.8. The van der Waals surface area contributed by atoms with E-state index in [1.54, 1.807) is 0 Å². The van der Waals surface area contributed by atoms with Crippen LogP contribution in [0.2, 0.25) is 0 Å². The summed E-state index contributed by atoms with van der Waals surface area (Å²) in [6.07, 6.45) is 5.13. The highest BCUT2D eigenvalue weighted by atomic mass is 16.5. The van der Waals surface area contributed by atoms with Crippen molar-refractivity contribution in [2.75, 3.05) is 32.9 Å². The van der Waals surface area contributed by atoms with E-state index in [-0.39, 0.29) is 19.1 Å². The van der Waals surface area contributed by atoms with Crippen LogP contribution in [0.25, 0.3) is 0 Å². The predicted octanol–water partition coefficient (Wildman–Crippen LogP) is 1.57. The molecule has 2 fully saturated rings. The molecule has 1 amide bonds. The van der Waals surface area contributed by atoms with Gasteiger partial charge in [0.1, 0.15) is 13.2 Å². The minimum Gasteiger partial charge on any atom is -0.381 e. The van der Waals surface area contributed by atoms with Crippen LogP contribution in [0, 0.1) is 5.41 Å². The number of nitrogens with zero attached hydrogens (tertiary/aromatic N) is 3. The topological polar surface area (TPSA) is 77.7 Å². The van der Waals surface area contributed by atoms with Gasteiger partial charge in [-0.3, -0.25) is 4.79 Å². The molecule has 0 aromatic carbocycles. The first kappa shape index (κ1) is 16.4. The van der Waals surface area contributed by atoms with Crippen molar-refractivity contribution in [3.8, 4) is 0 Å². The minimum atomic E-state index is 0.0436. The highest BCUT2D eigenvalue weighted by Gasteiger charge is 2.37. The second kappa shape index (κ2) is 7.40. The monoisotopic (exact) mass is 323 g/mol. The number of aromatic nitrogens is 2. The minimum absolute atomic E-state index is 0.0436. The molecule has 0 radical (unpaired) electrons. The Morgan fingerprint density at radius 2 is 2.00 bits per heavy atom. The highest BCUT2D eigenvalue weighted by Crippen LogP contribution is 2.40. The number of rotatable bonds is 5. The van der Waals surface area contributed by atoms with Crippen LogP contribution in [0.5, 0.6) is 0 Å². The van der Waals surface area contributed by atoms with Crippen LogP contribution in [0.3, 0.4) is 0 Å². The number of amides is 1. The molecular formula is C16H25N3O4. The molecule has 3 rings (SSSR count). The zero-order valence-electron chi connectivity index (χ0n) is 13.8. The van der Waals surface area contributed by atoms with Gasteiger partial charge in [-0.15, -0.1) is 0 Å². The maximum absolute atomic E-state index is 12.2. The number of carbonyl (C=O) groups is 1. The summed E-state index contributed by atoms with van der Waals surface area (Å²) >= 11 is 0. The number of hydrogen-bond acceptors (Lipinski definition) is 6. The zero-order chi connectivity index (χ0) is 16.1. The Labute approximate surface area is 136 Å². The first-order valence-electron chi connectivity index (χ1n) is 8.45. The summed E-state index contributed by atoms with van der Waals surface area (Å²) in [7, 11) is 0. The summed E-state index contributed by atoms with van der Waals surface area (Å²) in [5.74, 6) is 1.13. The van der Waals surface area contributed by atoms with Gasteiger partial charge in [-0.05, 0) is 31.1 Å². The fourth-order valence-electron chi connectivity index (χ4n) is 3.34. The van der Waals surface area contributed by atoms with Crippen LogP contribution in [0.4, 0.5) is 0 Å². The molecule has 2 aliphatic heterocycles. The Morgan fingerprint density at radius 1 is 1.26 bits per heavy atom. The number of aryl methyl sites for hydroxylation is 1. The SMILES string of the molecule is CCc1noc(COCC(=O)N2CCC3(CCOCC3)CC2)n1. The quantitative estimate of drug-likeness (QED) is 0.818. The lowest BCUT2D eigenvalue weighted by Gasteiger charge is -2.44. The lowest BCUT2D eigenvalue weighted by Crippen LogP contribution is -2.46. The number of hydrogen-bond donors (Lipinski definition) is 0. The van der Waals surface area contributed by atoms with E-state index in [9.17, 15) is 4.79 Å². The van der Waals surface area contributed by atoms with E-state index in [1.807, 2.05) is 11.8 Å². The molecular weight excluding hydrogens is 298 g/mol. The summed E-state index contributed by atoms with van der Waals surface area (Å²) in [6, 6.07) is 0. The maximum atomic E-state index is 12.2. The molecule has 3 heterocycles. The fourth-order valence-corrected chi connectivity index (χ4v) is 3.34. The molecule has 7 heteroatoms. The van der Waals surface area contributed by atoms with Crippen molar-refractivity contribution >= 4 is 5.91 Å². The molecule has 1 aromatic heterocycles. The van der Waals surface area contributed by atoms with Gasteiger partial charge in [0.25, 0.3) is 5.89 Å². The van der Waals surface area contributed by atoms with Crippen molar-refractivity contribution in [1.29, 1.82) is 0 Å². The van der Waals surface area contributed by atoms with E-state index >= 15 is 0 Å². The molecule has 0 bridgehead atoms. The Balaban J connectivity index is 1.39. The highest BCUT2D eigenvalue weighted by molar-refractivity contribution is 5.77. The van der Waals surface area contributed by atoms with Crippen LogP contribution in [0.1, 0.15) is 44.3 Å². The van der Waals surface area contributed by atoms with Crippen LogP contribution < -0.4 is 0 Å². The predicted molar refractivity (Wildman–Crippen MR) is 81.6 cm³/mol. The summed E-state index contributed by atoms with van der Waals surface area (Å²) in [6.45, 7) is 5.59. The van der Waals surface area contributed by atoms with E-state index in [0.29, 0.717) is 17.1 Å². The van der Waals surface area contributed by atoms with Gasteiger partial charge in [0.15, 0.2) is 5.82 Å². The summed E-state index contributed by atoms with van der Waals surface area (Å²) in [5.41, 5.74) is 0.399. The second-order valence-corrected chi connectivity index (χ2v) is 6.44. The largest absolute Gasteiger partial charge is 0.381 e. The number of piperidine rings is 1. The van der Waals surface area contributed by atoms with Gasteiger partial charge in [0.2, 0.25) is 5.91 Å². The van der Waals surface area contributed by atoms with Crippen LogP contribution in [0.15, 0.2) is 4.52 Å². The second-order valence-electron chi connectivity index (χ2n) is 6.44. The van der Waals surface area contributed by atoms with E-state index in [4.69, 9.17) is 14.0 Å². The van der Waals surface area contributed by atoms with Crippen LogP contribution in [-0.2, 0) is 27.3 Å². The van der Waals surface area contributed by atoms with Crippen molar-refractivity contribution in [1.82, 2.24) is 15.0 Å². The average Bonchev–Trinajstić information content (AvgIpc) is 3.04. The summed E-state index contributed by atoms with van der Waals surface area (Å²) in [5, 5.41) is 3.80. The lowest BCUT2D eigenvalue weighted by molar-refractivity contribution is -0.140. The molecule has 0 unspecified atom stereocenters. The Morgan fingerprint density at radius 3 is 2.65 bits per heavy atom. The third kappa shape index (κ3) is 4.09. The molecule has 2 aliphatic rings. The molecule has 23 heavy (non-hydrogen) atoms. The van der Waals surface area contributed by atoms with Crippen molar-refractivity contribution < 1.29 is 18.8 Å². The Bertz CT molecular complexity index is 515. The van der Waals surface area contributed by atoms with Crippen molar-refractivity contribution in [3.63, 3.8) is 0 Å². The van der Waals surface area contributed by atoms with Gasteiger partial charge in [0.05, 0.1) is 0 Å². The average molecular weight is 323 g/mol. The standard InChI is InChI=1S/C16H25N3O4/c1-2-13-17-14(23-18-13)11-22-12-15(20)19-7-3-16(4-8-19)5-9-21-10-6-16/h2-12H2,1H3. The Hall–Kier alpha value is -1.47. The Kier molecular flexibility index (Phi) is 5.27. The van der Waals surface area contributed by atoms with Gasteiger partial charge in [0, 0.05) is 32.7 Å². The number of ether oxygens (including phenoxy) is 2. The molecule has 1 aromatic rings. The van der Waals surface area contributed by atoms with E-state index < -0.39 is 0 Å². The van der Waals surface area contributed by atoms with Crippen LogP contribution >= 0.6 is 0 Å². The van der Waals surface area contributed by atoms with Gasteiger partial charge < -0.3 is 18.9 Å². The van der Waals surface area contributed by atoms with Gasteiger partial charge >= 0.3 is 0 Å². The van der Waals surface area contributed by atoms with Gasteiger partial charge in [-0.25, -0.2) is 0 Å². The molecule has 7 nitrogen and oxygen atoms in total. The fraction of sp³-hybridized carbons (Fsp3) is 0.812. The molecule has 128 valence electrons. The third-order valence-corrected chi connectivity index (χ3v) is 5.01. The molecule has 0 saturated carbocycles. The molecule has 0 aliphatic carbocycles. The summed E-state index contributed by atoms with van der Waals surface area (Å²) < 4.78 is 15.9. The van der Waals surface area contributed by atoms with Gasteiger partial charge in [-0.2, -0.15) is 4.98 Å².